The SMILES string of the molecule is Fc1ccc(OCCCN2CCC(Cc3c[nH]c4ccc(F)cc34)CC2)c(-c2ccccc2)c1. The van der Waals surface area contributed by atoms with E-state index in [1.807, 2.05) is 42.6 Å². The molecule has 5 heteroatoms. The fraction of sp³-hybridized carbons (Fsp3) is 0.310. The number of hydrogen-bond acceptors (Lipinski definition) is 2. The largest absolute Gasteiger partial charge is 0.493 e. The van der Waals surface area contributed by atoms with E-state index in [9.17, 15) is 8.78 Å². The van der Waals surface area contributed by atoms with Gasteiger partial charge in [0.05, 0.1) is 6.61 Å². The summed E-state index contributed by atoms with van der Waals surface area (Å²) in [6.07, 6.45) is 6.26. The number of piperidine rings is 1. The number of fused-ring (bicyclic) bond motifs is 1. The Morgan fingerprint density at radius 1 is 0.912 bits per heavy atom. The number of aromatic nitrogens is 1. The standard InChI is InChI=1S/C29H30F2N2O/c30-24-7-9-28-26(18-24)23(20-32-28)17-21-11-14-33(15-12-21)13-4-16-34-29-10-8-25(31)19-27(29)22-5-2-1-3-6-22/h1-3,5-10,18-21,32H,4,11-17H2. The minimum absolute atomic E-state index is 0.179. The van der Waals surface area contributed by atoms with Gasteiger partial charge in [-0.15, -0.1) is 0 Å². The van der Waals surface area contributed by atoms with Crippen molar-refractivity contribution in [3.05, 3.63) is 90.1 Å². The molecule has 176 valence electrons. The van der Waals surface area contributed by atoms with E-state index in [0.717, 1.165) is 73.1 Å². The van der Waals surface area contributed by atoms with Gasteiger partial charge in [-0.25, -0.2) is 8.78 Å². The van der Waals surface area contributed by atoms with Gasteiger partial charge >= 0.3 is 0 Å². The van der Waals surface area contributed by atoms with Gasteiger partial charge in [-0.3, -0.25) is 0 Å². The summed E-state index contributed by atoms with van der Waals surface area (Å²) in [4.78, 5) is 5.76. The summed E-state index contributed by atoms with van der Waals surface area (Å²) >= 11 is 0. The van der Waals surface area contributed by atoms with Crippen LogP contribution in [0.2, 0.25) is 0 Å². The maximum absolute atomic E-state index is 13.8. The lowest BCUT2D eigenvalue weighted by Gasteiger charge is -2.32. The highest BCUT2D eigenvalue weighted by molar-refractivity contribution is 5.83. The number of likely N-dealkylation sites (tertiary alicyclic amines) is 1. The summed E-state index contributed by atoms with van der Waals surface area (Å²) in [7, 11) is 0. The molecular formula is C29H30F2N2O. The monoisotopic (exact) mass is 460 g/mol. The van der Waals surface area contributed by atoms with Crippen molar-refractivity contribution in [2.45, 2.75) is 25.7 Å². The number of hydrogen-bond donors (Lipinski definition) is 1. The molecule has 2 heterocycles. The first-order chi connectivity index (χ1) is 16.7. The van der Waals surface area contributed by atoms with Gasteiger partial charge in [-0.1, -0.05) is 30.3 Å². The van der Waals surface area contributed by atoms with Crippen LogP contribution < -0.4 is 4.74 Å². The van der Waals surface area contributed by atoms with Crippen LogP contribution in [0, 0.1) is 17.6 Å². The molecule has 0 radical (unpaired) electrons. The summed E-state index contributed by atoms with van der Waals surface area (Å²) in [5.41, 5.74) is 3.97. The number of halogens is 2. The summed E-state index contributed by atoms with van der Waals surface area (Å²) in [6, 6.07) is 19.5. The van der Waals surface area contributed by atoms with Crippen molar-refractivity contribution < 1.29 is 13.5 Å². The predicted molar refractivity (Wildman–Crippen MR) is 133 cm³/mol. The van der Waals surface area contributed by atoms with Crippen LogP contribution >= 0.6 is 0 Å². The van der Waals surface area contributed by atoms with E-state index in [2.05, 4.69) is 9.88 Å². The van der Waals surface area contributed by atoms with Crippen molar-refractivity contribution in [1.82, 2.24) is 9.88 Å². The minimum atomic E-state index is -0.258. The average molecular weight is 461 g/mol. The molecule has 1 aliphatic rings. The lowest BCUT2D eigenvalue weighted by Crippen LogP contribution is -2.35. The molecule has 1 saturated heterocycles. The topological polar surface area (TPSA) is 28.3 Å². The Balaban J connectivity index is 1.09. The van der Waals surface area contributed by atoms with Crippen molar-refractivity contribution in [3.8, 4) is 16.9 Å². The first-order valence-corrected chi connectivity index (χ1v) is 12.1. The third-order valence-electron chi connectivity index (χ3n) is 6.85. The molecule has 1 N–H and O–H groups in total. The van der Waals surface area contributed by atoms with E-state index in [1.165, 1.54) is 23.8 Å². The van der Waals surface area contributed by atoms with Crippen molar-refractivity contribution in [3.63, 3.8) is 0 Å². The van der Waals surface area contributed by atoms with Crippen molar-refractivity contribution in [1.29, 1.82) is 0 Å². The maximum Gasteiger partial charge on any atom is 0.127 e. The van der Waals surface area contributed by atoms with Gasteiger partial charge in [-0.05, 0) is 92.2 Å². The number of rotatable bonds is 8. The number of ether oxygens (including phenoxy) is 1. The Bertz CT molecular complexity index is 1230. The van der Waals surface area contributed by atoms with E-state index >= 15 is 0 Å². The molecule has 4 aromatic rings. The van der Waals surface area contributed by atoms with Crippen molar-refractivity contribution in [2.24, 2.45) is 5.92 Å². The van der Waals surface area contributed by atoms with Gasteiger partial charge in [0.15, 0.2) is 0 Å². The van der Waals surface area contributed by atoms with Crippen molar-refractivity contribution >= 4 is 10.9 Å². The smallest absolute Gasteiger partial charge is 0.127 e. The van der Waals surface area contributed by atoms with Crippen LogP contribution in [-0.4, -0.2) is 36.1 Å². The molecule has 0 atom stereocenters. The minimum Gasteiger partial charge on any atom is -0.493 e. The molecule has 3 aromatic carbocycles. The number of nitrogens with one attached hydrogen (secondary N) is 1. The van der Waals surface area contributed by atoms with Crippen LogP contribution in [0.5, 0.6) is 5.75 Å². The normalized spacial score (nSPS) is 15.1. The Morgan fingerprint density at radius 2 is 1.68 bits per heavy atom. The van der Waals surface area contributed by atoms with E-state index in [1.54, 1.807) is 12.1 Å². The summed E-state index contributed by atoms with van der Waals surface area (Å²) in [6.45, 7) is 3.75. The summed E-state index contributed by atoms with van der Waals surface area (Å²) < 4.78 is 33.5. The van der Waals surface area contributed by atoms with Crippen LogP contribution in [0.4, 0.5) is 8.78 Å². The number of aromatic amines is 1. The quantitative estimate of drug-likeness (QED) is 0.292. The van der Waals surface area contributed by atoms with Gasteiger partial charge in [0.2, 0.25) is 0 Å². The number of H-pyrrole nitrogens is 1. The first kappa shape index (κ1) is 22.6. The van der Waals surface area contributed by atoms with Crippen LogP contribution in [0.3, 0.4) is 0 Å². The molecule has 34 heavy (non-hydrogen) atoms. The van der Waals surface area contributed by atoms with Crippen LogP contribution in [-0.2, 0) is 6.42 Å². The van der Waals surface area contributed by atoms with Gasteiger partial charge in [0.25, 0.3) is 0 Å². The zero-order valence-electron chi connectivity index (χ0n) is 19.3. The van der Waals surface area contributed by atoms with Gasteiger partial charge < -0.3 is 14.6 Å². The van der Waals surface area contributed by atoms with Crippen LogP contribution in [0.25, 0.3) is 22.0 Å². The molecule has 1 aromatic heterocycles. The Hall–Kier alpha value is -3.18. The van der Waals surface area contributed by atoms with Gasteiger partial charge in [-0.2, -0.15) is 0 Å². The van der Waals surface area contributed by atoms with Gasteiger partial charge in [0.1, 0.15) is 17.4 Å². The van der Waals surface area contributed by atoms with Crippen LogP contribution in [0.15, 0.2) is 72.9 Å². The van der Waals surface area contributed by atoms with E-state index in [4.69, 9.17) is 4.74 Å². The molecule has 5 rings (SSSR count). The summed E-state index contributed by atoms with van der Waals surface area (Å²) in [5.74, 6) is 0.914. The molecule has 0 spiro atoms. The summed E-state index contributed by atoms with van der Waals surface area (Å²) in [5, 5.41) is 1.01. The second kappa shape index (κ2) is 10.4. The molecule has 3 nitrogen and oxygen atoms in total. The van der Waals surface area contributed by atoms with E-state index in [-0.39, 0.29) is 11.6 Å². The lowest BCUT2D eigenvalue weighted by atomic mass is 9.90. The number of benzene rings is 3. The molecule has 0 bridgehead atoms. The Kier molecular flexibility index (Phi) is 6.91. The fourth-order valence-electron chi connectivity index (χ4n) is 4.99. The second-order valence-corrected chi connectivity index (χ2v) is 9.20. The third-order valence-corrected chi connectivity index (χ3v) is 6.85. The molecule has 1 aliphatic heterocycles. The second-order valence-electron chi connectivity index (χ2n) is 9.20. The number of nitrogens with zero attached hydrogens (tertiary/aromatic N) is 1. The molecular weight excluding hydrogens is 430 g/mol. The highest BCUT2D eigenvalue weighted by Gasteiger charge is 2.20. The lowest BCUT2D eigenvalue weighted by molar-refractivity contribution is 0.171. The predicted octanol–water partition coefficient (Wildman–Crippen LogP) is 6.84. The molecule has 0 saturated carbocycles. The van der Waals surface area contributed by atoms with Gasteiger partial charge in [0, 0.05) is 29.2 Å². The first-order valence-electron chi connectivity index (χ1n) is 12.1. The van der Waals surface area contributed by atoms with Crippen molar-refractivity contribution in [2.75, 3.05) is 26.2 Å². The zero-order chi connectivity index (χ0) is 23.3. The highest BCUT2D eigenvalue weighted by Crippen LogP contribution is 2.31. The Labute approximate surface area is 199 Å². The van der Waals surface area contributed by atoms with E-state index in [0.29, 0.717) is 12.5 Å². The molecule has 1 fully saturated rings. The maximum atomic E-state index is 13.8. The highest BCUT2D eigenvalue weighted by atomic mass is 19.1. The van der Waals surface area contributed by atoms with E-state index < -0.39 is 0 Å². The molecule has 0 amide bonds. The molecule has 0 aliphatic carbocycles. The molecule has 0 unspecified atom stereocenters. The van der Waals surface area contributed by atoms with Crippen LogP contribution in [0.1, 0.15) is 24.8 Å². The zero-order valence-corrected chi connectivity index (χ0v) is 19.3. The fourth-order valence-corrected chi connectivity index (χ4v) is 4.99. The Morgan fingerprint density at radius 3 is 2.50 bits per heavy atom. The third kappa shape index (κ3) is 5.31. The average Bonchev–Trinajstić information content (AvgIpc) is 3.25.